The molecule has 0 saturated carbocycles. The number of aromatic hydroxyl groups is 1. The highest BCUT2D eigenvalue weighted by molar-refractivity contribution is 5.99. The molecule has 4 heteroatoms. The summed E-state index contributed by atoms with van der Waals surface area (Å²) in [5, 5.41) is 18.0. The van der Waals surface area contributed by atoms with Crippen LogP contribution < -0.4 is 0 Å². The maximum Gasteiger partial charge on any atom is 0.335 e. The maximum atomic E-state index is 11.2. The molecule has 2 N–H and O–H groups in total. The van der Waals surface area contributed by atoms with Crippen LogP contribution in [0.3, 0.4) is 0 Å². The Bertz CT molecular complexity index is 382. The van der Waals surface area contributed by atoms with E-state index in [0.29, 0.717) is 0 Å². The monoisotopic (exact) mass is 194 g/mol. The van der Waals surface area contributed by atoms with Crippen LogP contribution >= 0.6 is 0 Å². The fraction of sp³-hybridized carbons (Fsp3) is 0.200. The Hall–Kier alpha value is -1.84. The fourth-order valence-corrected chi connectivity index (χ4v) is 1.09. The van der Waals surface area contributed by atoms with Gasteiger partial charge < -0.3 is 10.2 Å². The Balaban J connectivity index is 3.14. The van der Waals surface area contributed by atoms with Gasteiger partial charge in [0.05, 0.1) is 11.1 Å². The van der Waals surface area contributed by atoms with E-state index >= 15 is 0 Å². The number of Topliss-reactive ketones (excluding diaryl/α,β-unsaturated/α-hetero) is 1. The quantitative estimate of drug-likeness (QED) is 0.718. The summed E-state index contributed by atoms with van der Waals surface area (Å²) in [5.74, 6) is -1.62. The zero-order valence-electron chi connectivity index (χ0n) is 7.65. The number of carboxylic acids is 1. The molecule has 0 spiro atoms. The lowest BCUT2D eigenvalue weighted by Crippen LogP contribution is -2.00. The summed E-state index contributed by atoms with van der Waals surface area (Å²) in [4.78, 5) is 21.7. The first kappa shape index (κ1) is 10.2. The van der Waals surface area contributed by atoms with Crippen LogP contribution in [0.2, 0.25) is 0 Å². The molecule has 0 fully saturated rings. The lowest BCUT2D eigenvalue weighted by Gasteiger charge is -2.02. The van der Waals surface area contributed by atoms with E-state index in [1.807, 2.05) is 0 Å². The van der Waals surface area contributed by atoms with E-state index < -0.39 is 5.97 Å². The van der Waals surface area contributed by atoms with E-state index in [0.717, 1.165) is 6.07 Å². The molecule has 1 rings (SSSR count). The molecule has 1 aromatic rings. The normalized spacial score (nSPS) is 9.79. The molecule has 0 aromatic heterocycles. The number of carbonyl (C=O) groups excluding carboxylic acids is 1. The van der Waals surface area contributed by atoms with Crippen molar-refractivity contribution < 1.29 is 19.8 Å². The van der Waals surface area contributed by atoms with Gasteiger partial charge in [-0.15, -0.1) is 0 Å². The smallest absolute Gasteiger partial charge is 0.335 e. The number of ketones is 1. The molecule has 0 aliphatic heterocycles. The molecular weight excluding hydrogens is 184 g/mol. The van der Waals surface area contributed by atoms with Crippen molar-refractivity contribution >= 4 is 11.8 Å². The van der Waals surface area contributed by atoms with Gasteiger partial charge in [0.25, 0.3) is 0 Å². The number of rotatable bonds is 3. The van der Waals surface area contributed by atoms with Gasteiger partial charge in [-0.3, -0.25) is 4.79 Å². The van der Waals surface area contributed by atoms with Crippen LogP contribution in [0.4, 0.5) is 0 Å². The fourth-order valence-electron chi connectivity index (χ4n) is 1.09. The molecule has 0 heterocycles. The average Bonchev–Trinajstić information content (AvgIpc) is 2.16. The summed E-state index contributed by atoms with van der Waals surface area (Å²) < 4.78 is 0. The number of benzene rings is 1. The minimum Gasteiger partial charge on any atom is -0.507 e. The van der Waals surface area contributed by atoms with Gasteiger partial charge in [-0.25, -0.2) is 4.79 Å². The van der Waals surface area contributed by atoms with Gasteiger partial charge in [-0.05, 0) is 18.2 Å². The lowest BCUT2D eigenvalue weighted by molar-refractivity contribution is 0.0695. The van der Waals surface area contributed by atoms with Crippen molar-refractivity contribution in [1.29, 1.82) is 0 Å². The summed E-state index contributed by atoms with van der Waals surface area (Å²) >= 11 is 0. The molecule has 0 unspecified atom stereocenters. The Morgan fingerprint density at radius 2 is 2.00 bits per heavy atom. The van der Waals surface area contributed by atoms with E-state index in [9.17, 15) is 14.7 Å². The predicted octanol–water partition coefficient (Wildman–Crippen LogP) is 1.68. The van der Waals surface area contributed by atoms with Crippen LogP contribution in [0.1, 0.15) is 34.1 Å². The second kappa shape index (κ2) is 3.91. The van der Waals surface area contributed by atoms with Gasteiger partial charge in [0, 0.05) is 6.42 Å². The number of phenols is 1. The predicted molar refractivity (Wildman–Crippen MR) is 49.7 cm³/mol. The first-order chi connectivity index (χ1) is 6.56. The molecule has 0 atom stereocenters. The third-order valence-corrected chi connectivity index (χ3v) is 1.87. The lowest BCUT2D eigenvalue weighted by atomic mass is 10.1. The minimum atomic E-state index is -1.13. The summed E-state index contributed by atoms with van der Waals surface area (Å²) in [6.45, 7) is 1.67. The molecule has 0 saturated heterocycles. The molecule has 0 amide bonds. The Morgan fingerprint density at radius 3 is 2.43 bits per heavy atom. The van der Waals surface area contributed by atoms with E-state index in [-0.39, 0.29) is 29.1 Å². The van der Waals surface area contributed by atoms with Gasteiger partial charge in [-0.1, -0.05) is 6.92 Å². The van der Waals surface area contributed by atoms with Crippen LogP contribution in [0, 0.1) is 0 Å². The van der Waals surface area contributed by atoms with Gasteiger partial charge >= 0.3 is 5.97 Å². The standard InChI is InChI=1S/C10H10O4/c1-2-8(11)7-4-3-6(10(13)14)5-9(7)12/h3-5,12H,2H2,1H3,(H,13,14). The van der Waals surface area contributed by atoms with Crippen molar-refractivity contribution in [1.82, 2.24) is 0 Å². The first-order valence-electron chi connectivity index (χ1n) is 4.15. The molecule has 0 aliphatic rings. The Labute approximate surface area is 80.8 Å². The van der Waals surface area contributed by atoms with Crippen LogP contribution in [0.15, 0.2) is 18.2 Å². The van der Waals surface area contributed by atoms with Crippen LogP contribution in [-0.4, -0.2) is 22.0 Å². The van der Waals surface area contributed by atoms with Crippen molar-refractivity contribution in [3.8, 4) is 5.75 Å². The van der Waals surface area contributed by atoms with Gasteiger partial charge in [0.2, 0.25) is 0 Å². The summed E-state index contributed by atoms with van der Waals surface area (Å²) in [6, 6.07) is 3.70. The number of hydrogen-bond acceptors (Lipinski definition) is 3. The molecule has 0 radical (unpaired) electrons. The molecule has 0 bridgehead atoms. The molecule has 14 heavy (non-hydrogen) atoms. The molecule has 1 aromatic carbocycles. The number of carboxylic acid groups (broad SMARTS) is 1. The van der Waals surface area contributed by atoms with Crippen molar-refractivity contribution in [3.05, 3.63) is 29.3 Å². The minimum absolute atomic E-state index is 0.0323. The van der Waals surface area contributed by atoms with E-state index in [1.54, 1.807) is 6.92 Å². The van der Waals surface area contributed by atoms with E-state index in [4.69, 9.17) is 5.11 Å². The topological polar surface area (TPSA) is 74.6 Å². The van der Waals surface area contributed by atoms with Crippen LogP contribution in [0.5, 0.6) is 5.75 Å². The Morgan fingerprint density at radius 1 is 1.36 bits per heavy atom. The van der Waals surface area contributed by atoms with Crippen molar-refractivity contribution in [2.45, 2.75) is 13.3 Å². The summed E-state index contributed by atoms with van der Waals surface area (Å²) in [7, 11) is 0. The number of carbonyl (C=O) groups is 2. The second-order valence-corrected chi connectivity index (χ2v) is 2.81. The van der Waals surface area contributed by atoms with Crippen molar-refractivity contribution in [2.75, 3.05) is 0 Å². The zero-order valence-corrected chi connectivity index (χ0v) is 7.65. The number of hydrogen-bond donors (Lipinski definition) is 2. The van der Waals surface area contributed by atoms with Crippen LogP contribution in [0.25, 0.3) is 0 Å². The highest BCUT2D eigenvalue weighted by Crippen LogP contribution is 2.20. The van der Waals surface area contributed by atoms with E-state index in [1.165, 1.54) is 12.1 Å². The van der Waals surface area contributed by atoms with Gasteiger partial charge in [0.1, 0.15) is 5.75 Å². The van der Waals surface area contributed by atoms with Gasteiger partial charge in [0.15, 0.2) is 5.78 Å². The summed E-state index contributed by atoms with van der Waals surface area (Å²) in [6.07, 6.45) is 0.278. The average molecular weight is 194 g/mol. The number of aromatic carboxylic acids is 1. The highest BCUT2D eigenvalue weighted by atomic mass is 16.4. The molecular formula is C10H10O4. The third-order valence-electron chi connectivity index (χ3n) is 1.87. The number of phenolic OH excluding ortho intramolecular Hbond substituents is 1. The second-order valence-electron chi connectivity index (χ2n) is 2.81. The molecule has 74 valence electrons. The van der Waals surface area contributed by atoms with Crippen LogP contribution in [-0.2, 0) is 0 Å². The SMILES string of the molecule is CCC(=O)c1ccc(C(=O)O)cc1O. The van der Waals surface area contributed by atoms with E-state index in [2.05, 4.69) is 0 Å². The molecule has 0 aliphatic carbocycles. The first-order valence-corrected chi connectivity index (χ1v) is 4.15. The molecule has 4 nitrogen and oxygen atoms in total. The maximum absolute atomic E-state index is 11.2. The third kappa shape index (κ3) is 1.90. The zero-order chi connectivity index (χ0) is 10.7. The largest absolute Gasteiger partial charge is 0.507 e. The highest BCUT2D eigenvalue weighted by Gasteiger charge is 2.11. The Kier molecular flexibility index (Phi) is 2.86. The summed E-state index contributed by atoms with van der Waals surface area (Å²) in [5.41, 5.74) is 0.132. The van der Waals surface area contributed by atoms with Crippen molar-refractivity contribution in [3.63, 3.8) is 0 Å². The van der Waals surface area contributed by atoms with Gasteiger partial charge in [-0.2, -0.15) is 0 Å². The van der Waals surface area contributed by atoms with Crippen molar-refractivity contribution in [2.24, 2.45) is 0 Å².